The van der Waals surface area contributed by atoms with E-state index in [4.69, 9.17) is 4.74 Å². The number of carbonyl (C=O) groups is 2. The molecule has 7 nitrogen and oxygen atoms in total. The molecule has 1 fully saturated rings. The molecule has 1 N–H and O–H groups in total. The Kier molecular flexibility index (Phi) is 7.98. The summed E-state index contributed by atoms with van der Waals surface area (Å²) in [6, 6.07) is 12.3. The lowest BCUT2D eigenvalue weighted by molar-refractivity contribution is -0.153. The second-order valence-corrected chi connectivity index (χ2v) is 9.65. The Morgan fingerprint density at radius 1 is 1.09 bits per heavy atom. The van der Waals surface area contributed by atoms with Gasteiger partial charge in [0, 0.05) is 13.1 Å². The Balaban J connectivity index is 1.71. The third-order valence-corrected chi connectivity index (χ3v) is 6.97. The van der Waals surface area contributed by atoms with Crippen molar-refractivity contribution in [3.8, 4) is 0 Å². The molecule has 0 saturated carbocycles. The Morgan fingerprint density at radius 2 is 1.72 bits per heavy atom. The second-order valence-electron chi connectivity index (χ2n) is 7.97. The normalized spacial score (nSPS) is 15.9. The highest BCUT2D eigenvalue weighted by molar-refractivity contribution is 7.89. The lowest BCUT2D eigenvalue weighted by Crippen LogP contribution is -2.45. The Hall–Kier alpha value is -2.78. The standard InChI is InChI=1S/C23H27FN2O5S/c1-17-11-13-26(14-12-17)22(27)16-31-23(28)20(15-18-7-3-2-4-8-18)25-32(29,30)21-10-6-5-9-19(21)24/h2-10,17,20,25H,11-16H2,1H3/t20-/m0/s1. The lowest BCUT2D eigenvalue weighted by atomic mass is 9.99. The van der Waals surface area contributed by atoms with Gasteiger partial charge in [-0.25, -0.2) is 12.8 Å². The van der Waals surface area contributed by atoms with E-state index in [-0.39, 0.29) is 12.3 Å². The zero-order valence-corrected chi connectivity index (χ0v) is 18.7. The number of nitrogens with one attached hydrogen (secondary N) is 1. The molecule has 1 heterocycles. The number of esters is 1. The molecule has 0 spiro atoms. The van der Waals surface area contributed by atoms with Gasteiger partial charge >= 0.3 is 5.97 Å². The van der Waals surface area contributed by atoms with Crippen LogP contribution in [0.4, 0.5) is 4.39 Å². The molecule has 32 heavy (non-hydrogen) atoms. The van der Waals surface area contributed by atoms with Crippen molar-refractivity contribution in [2.24, 2.45) is 5.92 Å². The molecule has 1 aliphatic heterocycles. The number of amides is 1. The van der Waals surface area contributed by atoms with Gasteiger partial charge in [0.15, 0.2) is 6.61 Å². The van der Waals surface area contributed by atoms with Gasteiger partial charge in [0.05, 0.1) is 0 Å². The summed E-state index contributed by atoms with van der Waals surface area (Å²) in [6.45, 7) is 2.85. The van der Waals surface area contributed by atoms with Crippen molar-refractivity contribution >= 4 is 21.9 Å². The zero-order chi connectivity index (χ0) is 23.1. The van der Waals surface area contributed by atoms with E-state index in [1.807, 2.05) is 0 Å². The van der Waals surface area contributed by atoms with E-state index in [9.17, 15) is 22.4 Å². The monoisotopic (exact) mass is 462 g/mol. The van der Waals surface area contributed by atoms with Crippen molar-refractivity contribution in [1.29, 1.82) is 0 Å². The predicted molar refractivity (Wildman–Crippen MR) is 117 cm³/mol. The molecule has 3 rings (SSSR count). The number of likely N-dealkylation sites (tertiary alicyclic amines) is 1. The molecule has 1 atom stereocenters. The lowest BCUT2D eigenvalue weighted by Gasteiger charge is -2.30. The number of ether oxygens (including phenoxy) is 1. The van der Waals surface area contributed by atoms with E-state index in [1.54, 1.807) is 35.2 Å². The summed E-state index contributed by atoms with van der Waals surface area (Å²) < 4.78 is 47.0. The average Bonchev–Trinajstić information content (AvgIpc) is 2.78. The maximum Gasteiger partial charge on any atom is 0.325 e. The number of hydrogen-bond acceptors (Lipinski definition) is 5. The molecule has 0 bridgehead atoms. The van der Waals surface area contributed by atoms with Gasteiger partial charge in [0.1, 0.15) is 16.8 Å². The van der Waals surface area contributed by atoms with Crippen molar-refractivity contribution in [1.82, 2.24) is 9.62 Å². The number of hydrogen-bond donors (Lipinski definition) is 1. The van der Waals surface area contributed by atoms with Crippen LogP contribution in [0.1, 0.15) is 25.3 Å². The number of benzene rings is 2. The molecule has 172 valence electrons. The maximum atomic E-state index is 14.1. The molecule has 2 aromatic rings. The van der Waals surface area contributed by atoms with Gasteiger partial charge in [-0.3, -0.25) is 9.59 Å². The smallest absolute Gasteiger partial charge is 0.325 e. The zero-order valence-electron chi connectivity index (χ0n) is 17.9. The van der Waals surface area contributed by atoms with Gasteiger partial charge < -0.3 is 9.64 Å². The van der Waals surface area contributed by atoms with E-state index < -0.39 is 39.4 Å². The molecule has 1 saturated heterocycles. The van der Waals surface area contributed by atoms with Crippen molar-refractivity contribution < 1.29 is 27.1 Å². The average molecular weight is 463 g/mol. The molecular formula is C23H27FN2O5S. The van der Waals surface area contributed by atoms with Gasteiger partial charge in [-0.15, -0.1) is 0 Å². The van der Waals surface area contributed by atoms with Crippen LogP contribution in [0, 0.1) is 11.7 Å². The van der Waals surface area contributed by atoms with Crippen LogP contribution >= 0.6 is 0 Å². The van der Waals surface area contributed by atoms with Crippen LogP contribution in [-0.2, 0) is 30.8 Å². The fourth-order valence-electron chi connectivity index (χ4n) is 3.52. The van der Waals surface area contributed by atoms with Crippen molar-refractivity contribution in [3.63, 3.8) is 0 Å². The van der Waals surface area contributed by atoms with Crippen LogP contribution in [0.3, 0.4) is 0 Å². The van der Waals surface area contributed by atoms with Gasteiger partial charge in [-0.1, -0.05) is 49.4 Å². The summed E-state index contributed by atoms with van der Waals surface area (Å²) >= 11 is 0. The van der Waals surface area contributed by atoms with Crippen LogP contribution < -0.4 is 4.72 Å². The van der Waals surface area contributed by atoms with Gasteiger partial charge in [0.25, 0.3) is 5.91 Å². The summed E-state index contributed by atoms with van der Waals surface area (Å²) in [5.41, 5.74) is 0.682. The SMILES string of the molecule is CC1CCN(C(=O)COC(=O)[C@H](Cc2ccccc2)NS(=O)(=O)c2ccccc2F)CC1. The molecular weight excluding hydrogens is 435 g/mol. The highest BCUT2D eigenvalue weighted by atomic mass is 32.2. The van der Waals surface area contributed by atoms with Gasteiger partial charge in [-0.2, -0.15) is 4.72 Å². The van der Waals surface area contributed by atoms with Crippen molar-refractivity contribution in [3.05, 3.63) is 66.0 Å². The first-order valence-corrected chi connectivity index (χ1v) is 12.0. The largest absolute Gasteiger partial charge is 0.454 e. The molecule has 0 aromatic heterocycles. The number of halogens is 1. The summed E-state index contributed by atoms with van der Waals surface area (Å²) in [7, 11) is -4.34. The summed E-state index contributed by atoms with van der Waals surface area (Å²) in [4.78, 5) is 26.2. The second kappa shape index (κ2) is 10.7. The molecule has 9 heteroatoms. The quantitative estimate of drug-likeness (QED) is 0.609. The van der Waals surface area contributed by atoms with E-state index in [2.05, 4.69) is 11.6 Å². The molecule has 0 aliphatic carbocycles. The summed E-state index contributed by atoms with van der Waals surface area (Å²) in [5.74, 6) is -1.60. The topological polar surface area (TPSA) is 92.8 Å². The molecule has 1 amide bonds. The Morgan fingerprint density at radius 3 is 2.38 bits per heavy atom. The molecule has 1 aliphatic rings. The minimum atomic E-state index is -4.34. The first-order valence-electron chi connectivity index (χ1n) is 10.5. The van der Waals surface area contributed by atoms with Gasteiger partial charge in [0.2, 0.25) is 10.0 Å². The van der Waals surface area contributed by atoms with E-state index in [0.717, 1.165) is 25.0 Å². The number of piperidine rings is 1. The Bertz CT molecular complexity index is 1040. The third-order valence-electron chi connectivity index (χ3n) is 5.46. The Labute approximate surface area is 187 Å². The van der Waals surface area contributed by atoms with Crippen LogP contribution in [0.25, 0.3) is 0 Å². The van der Waals surface area contributed by atoms with E-state index in [0.29, 0.717) is 24.6 Å². The van der Waals surface area contributed by atoms with Crippen LogP contribution in [-0.4, -0.2) is 50.9 Å². The number of nitrogens with zero attached hydrogens (tertiary/aromatic N) is 1. The molecule has 0 radical (unpaired) electrons. The fraction of sp³-hybridized carbons (Fsp3) is 0.391. The predicted octanol–water partition coefficient (Wildman–Crippen LogP) is 2.52. The first-order chi connectivity index (χ1) is 15.3. The molecule has 2 aromatic carbocycles. The first kappa shape index (κ1) is 23.9. The summed E-state index contributed by atoms with van der Waals surface area (Å²) in [5, 5.41) is 0. The highest BCUT2D eigenvalue weighted by Crippen LogP contribution is 2.17. The number of rotatable bonds is 8. The summed E-state index contributed by atoms with van der Waals surface area (Å²) in [6.07, 6.45) is 1.76. The minimum absolute atomic E-state index is 0.0111. The third kappa shape index (κ3) is 6.37. The van der Waals surface area contributed by atoms with Crippen molar-refractivity contribution in [2.75, 3.05) is 19.7 Å². The highest BCUT2D eigenvalue weighted by Gasteiger charge is 2.30. The number of carbonyl (C=O) groups excluding carboxylic acids is 2. The molecule has 0 unspecified atom stereocenters. The van der Waals surface area contributed by atoms with Gasteiger partial charge in [-0.05, 0) is 42.9 Å². The fourth-order valence-corrected chi connectivity index (χ4v) is 4.78. The van der Waals surface area contributed by atoms with Crippen LogP contribution in [0.2, 0.25) is 0 Å². The van der Waals surface area contributed by atoms with E-state index >= 15 is 0 Å². The van der Waals surface area contributed by atoms with Crippen LogP contribution in [0.5, 0.6) is 0 Å². The van der Waals surface area contributed by atoms with Crippen molar-refractivity contribution in [2.45, 2.75) is 37.1 Å². The number of sulfonamides is 1. The van der Waals surface area contributed by atoms with E-state index in [1.165, 1.54) is 12.1 Å². The maximum absolute atomic E-state index is 14.1. The minimum Gasteiger partial charge on any atom is -0.454 e. The van der Waals surface area contributed by atoms with Crippen LogP contribution in [0.15, 0.2) is 59.5 Å².